The van der Waals surface area contributed by atoms with Crippen LogP contribution in [0.5, 0.6) is 11.5 Å². The summed E-state index contributed by atoms with van der Waals surface area (Å²) in [5, 5.41) is 2.89. The minimum absolute atomic E-state index is 0.0106. The number of nitrogens with one attached hydrogen (secondary N) is 1. The molecule has 1 N–H and O–H groups in total. The summed E-state index contributed by atoms with van der Waals surface area (Å²) in [6.07, 6.45) is 2.42. The number of benzene rings is 1. The van der Waals surface area contributed by atoms with E-state index in [1.54, 1.807) is 6.07 Å². The zero-order chi connectivity index (χ0) is 14.1. The molecule has 1 amide bonds. The van der Waals surface area contributed by atoms with Crippen molar-refractivity contribution in [1.82, 2.24) is 0 Å². The van der Waals surface area contributed by atoms with Crippen LogP contribution in [0.25, 0.3) is 0 Å². The predicted octanol–water partition coefficient (Wildman–Crippen LogP) is 3.61. The number of hydrogen-bond acceptors (Lipinski definition) is 3. The van der Waals surface area contributed by atoms with Gasteiger partial charge in [0, 0.05) is 12.5 Å². The van der Waals surface area contributed by atoms with Crippen LogP contribution >= 0.6 is 0 Å². The largest absolute Gasteiger partial charge is 0.494 e. The molecule has 0 heterocycles. The summed E-state index contributed by atoms with van der Waals surface area (Å²) in [5.41, 5.74) is 0.675. The number of ether oxygens (including phenoxy) is 2. The van der Waals surface area contributed by atoms with Gasteiger partial charge in [-0.1, -0.05) is 13.3 Å². The lowest BCUT2D eigenvalue weighted by atomic mass is 10.2. The summed E-state index contributed by atoms with van der Waals surface area (Å²) >= 11 is 0. The Kier molecular flexibility index (Phi) is 6.79. The van der Waals surface area contributed by atoms with Gasteiger partial charge in [0.05, 0.1) is 18.9 Å². The number of carbonyl (C=O) groups excluding carboxylic acids is 1. The van der Waals surface area contributed by atoms with Crippen molar-refractivity contribution in [2.24, 2.45) is 0 Å². The molecule has 4 nitrogen and oxygen atoms in total. The Balaban J connectivity index is 2.80. The maximum absolute atomic E-state index is 11.8. The van der Waals surface area contributed by atoms with Crippen molar-refractivity contribution in [3.05, 3.63) is 18.2 Å². The molecule has 0 fully saturated rings. The van der Waals surface area contributed by atoms with Gasteiger partial charge >= 0.3 is 0 Å². The van der Waals surface area contributed by atoms with Gasteiger partial charge in [0.25, 0.3) is 0 Å². The lowest BCUT2D eigenvalue weighted by Crippen LogP contribution is -2.12. The van der Waals surface area contributed by atoms with Gasteiger partial charge in [-0.25, -0.2) is 0 Å². The first-order valence-electron chi connectivity index (χ1n) is 6.90. The highest BCUT2D eigenvalue weighted by Gasteiger charge is 2.09. The lowest BCUT2D eigenvalue weighted by molar-refractivity contribution is -0.116. The van der Waals surface area contributed by atoms with E-state index in [0.29, 0.717) is 31.1 Å². The Morgan fingerprint density at radius 3 is 2.53 bits per heavy atom. The quantitative estimate of drug-likeness (QED) is 0.781. The molecule has 1 rings (SSSR count). The monoisotopic (exact) mass is 265 g/mol. The van der Waals surface area contributed by atoms with Crippen LogP contribution in [0.2, 0.25) is 0 Å². The van der Waals surface area contributed by atoms with Crippen LogP contribution < -0.4 is 14.8 Å². The molecule has 0 aromatic heterocycles. The number of rotatable bonds is 8. The standard InChI is InChI=1S/C15H23NO3/c1-4-7-8-15(17)16-13-11-12(18-5-2)9-10-14(13)19-6-3/h9-11H,4-8H2,1-3H3,(H,16,17). The average Bonchev–Trinajstić information content (AvgIpc) is 2.40. The molecular formula is C15H23NO3. The second kappa shape index (κ2) is 8.40. The molecule has 0 spiro atoms. The lowest BCUT2D eigenvalue weighted by Gasteiger charge is -2.13. The molecule has 1 aromatic rings. The fourth-order valence-electron chi connectivity index (χ4n) is 1.69. The highest BCUT2D eigenvalue weighted by atomic mass is 16.5. The van der Waals surface area contributed by atoms with Crippen molar-refractivity contribution in [3.63, 3.8) is 0 Å². The molecule has 0 aliphatic carbocycles. The molecule has 0 aliphatic heterocycles. The van der Waals surface area contributed by atoms with Crippen molar-refractivity contribution in [2.75, 3.05) is 18.5 Å². The molecule has 106 valence electrons. The predicted molar refractivity (Wildman–Crippen MR) is 76.9 cm³/mol. The minimum atomic E-state index is 0.0106. The summed E-state index contributed by atoms with van der Waals surface area (Å²) in [6, 6.07) is 5.47. The third-order valence-electron chi connectivity index (χ3n) is 2.59. The summed E-state index contributed by atoms with van der Waals surface area (Å²) in [5.74, 6) is 1.42. The molecule has 0 saturated heterocycles. The summed E-state index contributed by atoms with van der Waals surface area (Å²) in [6.45, 7) is 7.06. The molecule has 4 heteroatoms. The van der Waals surface area contributed by atoms with E-state index in [1.807, 2.05) is 26.0 Å². The van der Waals surface area contributed by atoms with E-state index in [-0.39, 0.29) is 5.91 Å². The topological polar surface area (TPSA) is 47.6 Å². The zero-order valence-corrected chi connectivity index (χ0v) is 12.0. The normalized spacial score (nSPS) is 10.1. The fraction of sp³-hybridized carbons (Fsp3) is 0.533. The minimum Gasteiger partial charge on any atom is -0.494 e. The molecule has 19 heavy (non-hydrogen) atoms. The Labute approximate surface area is 115 Å². The van der Waals surface area contributed by atoms with Crippen molar-refractivity contribution >= 4 is 11.6 Å². The van der Waals surface area contributed by atoms with Crippen molar-refractivity contribution in [3.8, 4) is 11.5 Å². The van der Waals surface area contributed by atoms with Crippen LogP contribution in [-0.2, 0) is 4.79 Å². The average molecular weight is 265 g/mol. The maximum atomic E-state index is 11.8. The maximum Gasteiger partial charge on any atom is 0.224 e. The molecule has 0 radical (unpaired) electrons. The van der Waals surface area contributed by atoms with Crippen LogP contribution in [0.15, 0.2) is 18.2 Å². The van der Waals surface area contributed by atoms with E-state index in [0.717, 1.165) is 18.6 Å². The zero-order valence-electron chi connectivity index (χ0n) is 12.0. The first-order chi connectivity index (χ1) is 9.21. The summed E-state index contributed by atoms with van der Waals surface area (Å²) < 4.78 is 10.9. The van der Waals surface area contributed by atoms with Crippen LogP contribution in [0.4, 0.5) is 5.69 Å². The molecule has 0 atom stereocenters. The summed E-state index contributed by atoms with van der Waals surface area (Å²) in [4.78, 5) is 11.8. The van der Waals surface area contributed by atoms with Crippen LogP contribution in [0.1, 0.15) is 40.0 Å². The van der Waals surface area contributed by atoms with Crippen LogP contribution in [0, 0.1) is 0 Å². The highest BCUT2D eigenvalue weighted by Crippen LogP contribution is 2.29. The second-order valence-electron chi connectivity index (χ2n) is 4.18. The Bertz CT molecular complexity index is 404. The van der Waals surface area contributed by atoms with E-state index in [2.05, 4.69) is 12.2 Å². The Hall–Kier alpha value is -1.71. The number of amides is 1. The van der Waals surface area contributed by atoms with Gasteiger partial charge in [-0.15, -0.1) is 0 Å². The highest BCUT2D eigenvalue weighted by molar-refractivity contribution is 5.92. The van der Waals surface area contributed by atoms with Crippen LogP contribution in [-0.4, -0.2) is 19.1 Å². The third kappa shape index (κ3) is 5.20. The molecule has 0 bridgehead atoms. The number of anilines is 1. The van der Waals surface area contributed by atoms with E-state index >= 15 is 0 Å². The van der Waals surface area contributed by atoms with Crippen molar-refractivity contribution in [2.45, 2.75) is 40.0 Å². The third-order valence-corrected chi connectivity index (χ3v) is 2.59. The van der Waals surface area contributed by atoms with Gasteiger partial charge in [-0.3, -0.25) is 4.79 Å². The van der Waals surface area contributed by atoms with Crippen LogP contribution in [0.3, 0.4) is 0 Å². The molecule has 1 aromatic carbocycles. The van der Waals surface area contributed by atoms with E-state index < -0.39 is 0 Å². The first-order valence-corrected chi connectivity index (χ1v) is 6.90. The van der Waals surface area contributed by atoms with Gasteiger partial charge in [-0.2, -0.15) is 0 Å². The number of carbonyl (C=O) groups is 1. The molecular weight excluding hydrogens is 242 g/mol. The second-order valence-corrected chi connectivity index (χ2v) is 4.18. The smallest absolute Gasteiger partial charge is 0.224 e. The molecule has 0 unspecified atom stereocenters. The SMILES string of the molecule is CCCCC(=O)Nc1cc(OCC)ccc1OCC. The Morgan fingerprint density at radius 1 is 1.16 bits per heavy atom. The molecule has 0 saturated carbocycles. The first kappa shape index (κ1) is 15.3. The van der Waals surface area contributed by atoms with E-state index in [1.165, 1.54) is 0 Å². The van der Waals surface area contributed by atoms with Gasteiger partial charge < -0.3 is 14.8 Å². The van der Waals surface area contributed by atoms with Gasteiger partial charge in [-0.05, 0) is 32.4 Å². The van der Waals surface area contributed by atoms with E-state index in [9.17, 15) is 4.79 Å². The van der Waals surface area contributed by atoms with Gasteiger partial charge in [0.1, 0.15) is 11.5 Å². The Morgan fingerprint density at radius 2 is 1.89 bits per heavy atom. The summed E-state index contributed by atoms with van der Waals surface area (Å²) in [7, 11) is 0. The fourth-order valence-corrected chi connectivity index (χ4v) is 1.69. The number of unbranched alkanes of at least 4 members (excludes halogenated alkanes) is 1. The molecule has 0 aliphatic rings. The van der Waals surface area contributed by atoms with Crippen molar-refractivity contribution in [1.29, 1.82) is 0 Å². The van der Waals surface area contributed by atoms with Gasteiger partial charge in [0.2, 0.25) is 5.91 Å². The number of hydrogen-bond donors (Lipinski definition) is 1. The van der Waals surface area contributed by atoms with E-state index in [4.69, 9.17) is 9.47 Å². The van der Waals surface area contributed by atoms with Crippen molar-refractivity contribution < 1.29 is 14.3 Å². The van der Waals surface area contributed by atoms with Gasteiger partial charge in [0.15, 0.2) is 0 Å².